The lowest BCUT2D eigenvalue weighted by atomic mass is 9.91. The maximum Gasteiger partial charge on any atom is 0.123 e. The van der Waals surface area contributed by atoms with Crippen molar-refractivity contribution in [1.29, 1.82) is 0 Å². The van der Waals surface area contributed by atoms with Crippen molar-refractivity contribution < 1.29 is 4.39 Å². The fourth-order valence-corrected chi connectivity index (χ4v) is 10.3. The molecule has 5 heteroatoms. The van der Waals surface area contributed by atoms with Gasteiger partial charge in [0.1, 0.15) is 5.82 Å². The van der Waals surface area contributed by atoms with Crippen molar-refractivity contribution in [2.75, 3.05) is 14.7 Å². The number of hydrogen-bond acceptors (Lipinski definition) is 4. The van der Waals surface area contributed by atoms with Crippen LogP contribution >= 0.6 is 11.3 Å². The zero-order valence-corrected chi connectivity index (χ0v) is 35.6. The first-order chi connectivity index (χ1) is 30.6. The Morgan fingerprint density at radius 2 is 1.19 bits per heavy atom. The molecule has 0 saturated carbocycles. The molecule has 302 valence electrons. The number of fused-ring (bicyclic) bond motifs is 7. The van der Waals surface area contributed by atoms with Gasteiger partial charge in [-0.05, 0) is 126 Å². The van der Waals surface area contributed by atoms with Crippen LogP contribution in [0.15, 0.2) is 206 Å². The highest BCUT2D eigenvalue weighted by Gasteiger charge is 2.37. The fourth-order valence-electron chi connectivity index (χ4n) is 9.18. The molecule has 2 unspecified atom stereocenters. The molecule has 1 aliphatic carbocycles. The maximum absolute atomic E-state index is 14.2. The molecular weight excluding hydrogens is 778 g/mol. The normalized spacial score (nSPS) is 17.1. The number of rotatable bonds is 6. The van der Waals surface area contributed by atoms with E-state index in [1.54, 1.807) is 0 Å². The van der Waals surface area contributed by atoms with Crippen LogP contribution in [0.2, 0.25) is 0 Å². The summed E-state index contributed by atoms with van der Waals surface area (Å²) in [6.45, 7) is 8.64. The Bertz CT molecular complexity index is 3110. The average Bonchev–Trinajstić information content (AvgIpc) is 3.87. The molecule has 3 aliphatic rings. The van der Waals surface area contributed by atoms with E-state index < -0.39 is 0 Å². The van der Waals surface area contributed by atoms with Crippen molar-refractivity contribution >= 4 is 73.4 Å². The number of halogens is 1. The van der Waals surface area contributed by atoms with Gasteiger partial charge < -0.3 is 14.7 Å². The molecule has 3 nitrogen and oxygen atoms in total. The largest absolute Gasteiger partial charge is 0.333 e. The molecule has 0 N–H and O–H groups in total. The summed E-state index contributed by atoms with van der Waals surface area (Å²) >= 11 is 1.84. The first-order valence-electron chi connectivity index (χ1n) is 21.4. The second-order valence-electron chi connectivity index (χ2n) is 15.5. The molecule has 11 rings (SSSR count). The van der Waals surface area contributed by atoms with Gasteiger partial charge in [0.25, 0.3) is 0 Å². The quantitative estimate of drug-likeness (QED) is 0.165. The molecule has 0 radical (unpaired) electrons. The highest BCUT2D eigenvalue weighted by molar-refractivity contribution is 7.17. The molecule has 0 fully saturated rings. The Balaban J connectivity index is 0.00000226. The van der Waals surface area contributed by atoms with Crippen molar-refractivity contribution in [2.24, 2.45) is 0 Å². The van der Waals surface area contributed by atoms with Gasteiger partial charge in [-0.1, -0.05) is 130 Å². The summed E-state index contributed by atoms with van der Waals surface area (Å²) in [7, 11) is 0. The molecule has 62 heavy (non-hydrogen) atoms. The number of benzene rings is 7. The number of thiophene rings is 1. The molecule has 1 aromatic heterocycles. The summed E-state index contributed by atoms with van der Waals surface area (Å²) in [6.07, 6.45) is 14.3. The molecule has 8 aromatic rings. The lowest BCUT2D eigenvalue weighted by Gasteiger charge is -2.30. The number of nitrogens with zero attached hydrogens (tertiary/aromatic N) is 3. The van der Waals surface area contributed by atoms with Crippen molar-refractivity contribution in [1.82, 2.24) is 0 Å². The Kier molecular flexibility index (Phi) is 10.5. The number of allylic oxidation sites excluding steroid dienone is 3. The standard InChI is InChI=1S/C55H40FN3S.C2H6/c1-37-36-50-49-13-5-9-17-54(49)60-55(50)35-22-40-10-2-6-14-51(40)57(37)42-25-18-38(19-26-42)39-20-27-43(28-21-39)58(44-29-23-41(56)24-30-44)45-31-33-46(34-32-45)59-52-15-7-3-11-47(52)48-12-4-8-16-53(48)59;1-2/h2-21,23-36,47,52H,1,22H2;1-2H3/b50-36-,55-35+;. The van der Waals surface area contributed by atoms with Crippen molar-refractivity contribution in [3.05, 3.63) is 233 Å². The molecule has 0 amide bonds. The van der Waals surface area contributed by atoms with Gasteiger partial charge in [0.05, 0.1) is 6.04 Å². The van der Waals surface area contributed by atoms with Gasteiger partial charge in [0.15, 0.2) is 0 Å². The Labute approximate surface area is 367 Å². The summed E-state index contributed by atoms with van der Waals surface area (Å²) < 4.78 is 16.8. The summed E-state index contributed by atoms with van der Waals surface area (Å²) in [5.74, 6) is 0.0632. The zero-order valence-electron chi connectivity index (χ0n) is 34.8. The SMILES string of the molecule is C=C1/C=c2\c(sc3ccccc23)=C/Cc2ccccc2N1c1ccc(-c2ccc(N(c3ccc(F)cc3)c3ccc(N4c5ccccc5C5C=CC=CC54)cc3)cc2)cc1.CC. The fraction of sp³-hybridized carbons (Fsp3) is 0.0877. The van der Waals surface area contributed by atoms with E-state index in [0.29, 0.717) is 5.92 Å². The van der Waals surface area contributed by atoms with E-state index in [1.807, 2.05) is 37.3 Å². The van der Waals surface area contributed by atoms with E-state index in [1.165, 1.54) is 48.8 Å². The summed E-state index contributed by atoms with van der Waals surface area (Å²) in [4.78, 5) is 6.91. The second-order valence-corrected chi connectivity index (χ2v) is 16.6. The van der Waals surface area contributed by atoms with E-state index in [9.17, 15) is 4.39 Å². The molecule has 7 aromatic carbocycles. The van der Waals surface area contributed by atoms with Gasteiger partial charge in [-0.25, -0.2) is 4.39 Å². The van der Waals surface area contributed by atoms with Crippen LogP contribution in [0, 0.1) is 5.82 Å². The lowest BCUT2D eigenvalue weighted by Crippen LogP contribution is -2.28. The van der Waals surface area contributed by atoms with Gasteiger partial charge in [-0.2, -0.15) is 0 Å². The van der Waals surface area contributed by atoms with Crippen molar-refractivity contribution in [3.63, 3.8) is 0 Å². The molecule has 0 spiro atoms. The topological polar surface area (TPSA) is 9.72 Å². The molecule has 0 saturated heterocycles. The van der Waals surface area contributed by atoms with Crippen LogP contribution in [0.5, 0.6) is 0 Å². The average molecular weight is 824 g/mol. The van der Waals surface area contributed by atoms with Gasteiger partial charge in [0.2, 0.25) is 0 Å². The van der Waals surface area contributed by atoms with Crippen molar-refractivity contribution in [2.45, 2.75) is 32.2 Å². The monoisotopic (exact) mass is 823 g/mol. The smallest absolute Gasteiger partial charge is 0.123 e. The Hall–Kier alpha value is -7.21. The molecule has 2 atom stereocenters. The molecule has 3 heterocycles. The molecule has 2 aliphatic heterocycles. The molecular formula is C57H46FN3S. The van der Waals surface area contributed by atoms with Crippen LogP contribution in [-0.4, -0.2) is 6.04 Å². The summed E-state index contributed by atoms with van der Waals surface area (Å²) in [6, 6.07) is 59.1. The highest BCUT2D eigenvalue weighted by Crippen LogP contribution is 2.48. The van der Waals surface area contributed by atoms with Crippen molar-refractivity contribution in [3.8, 4) is 11.1 Å². The van der Waals surface area contributed by atoms with E-state index in [2.05, 4.69) is 203 Å². The predicted octanol–water partition coefficient (Wildman–Crippen LogP) is 14.4. The van der Waals surface area contributed by atoms with Gasteiger partial charge in [-0.3, -0.25) is 0 Å². The van der Waals surface area contributed by atoms with Gasteiger partial charge in [0, 0.05) is 71.3 Å². The Morgan fingerprint density at radius 3 is 1.94 bits per heavy atom. The minimum absolute atomic E-state index is 0.230. The van der Waals surface area contributed by atoms with Crippen LogP contribution in [0.3, 0.4) is 0 Å². The van der Waals surface area contributed by atoms with Crippen LogP contribution < -0.4 is 24.5 Å². The third-order valence-electron chi connectivity index (χ3n) is 12.0. The van der Waals surface area contributed by atoms with E-state index in [4.69, 9.17) is 0 Å². The molecule has 0 bridgehead atoms. The highest BCUT2D eigenvalue weighted by atomic mass is 32.1. The summed E-state index contributed by atoms with van der Waals surface area (Å²) in [5, 5.41) is 2.49. The Morgan fingerprint density at radius 1 is 0.613 bits per heavy atom. The first kappa shape index (κ1) is 39.0. The number of anilines is 7. The van der Waals surface area contributed by atoms with Crippen LogP contribution in [0.4, 0.5) is 44.2 Å². The predicted molar refractivity (Wildman–Crippen MR) is 263 cm³/mol. The van der Waals surface area contributed by atoms with Crippen LogP contribution in [0.1, 0.15) is 30.9 Å². The van der Waals surface area contributed by atoms with E-state index in [0.717, 1.165) is 57.4 Å². The first-order valence-corrected chi connectivity index (χ1v) is 22.2. The maximum atomic E-state index is 14.2. The number of para-hydroxylation sites is 2. The third kappa shape index (κ3) is 7.04. The lowest BCUT2D eigenvalue weighted by molar-refractivity contribution is 0.628. The second kappa shape index (κ2) is 16.7. The van der Waals surface area contributed by atoms with E-state index >= 15 is 0 Å². The summed E-state index contributed by atoms with van der Waals surface area (Å²) in [5.41, 5.74) is 13.2. The van der Waals surface area contributed by atoms with Gasteiger partial charge in [-0.15, -0.1) is 11.3 Å². The minimum Gasteiger partial charge on any atom is -0.333 e. The van der Waals surface area contributed by atoms with Gasteiger partial charge >= 0.3 is 0 Å². The van der Waals surface area contributed by atoms with Crippen LogP contribution in [0.25, 0.3) is 33.4 Å². The van der Waals surface area contributed by atoms with E-state index in [-0.39, 0.29) is 11.9 Å². The third-order valence-corrected chi connectivity index (χ3v) is 13.2. The minimum atomic E-state index is -0.260. The number of hydrogen-bond donors (Lipinski definition) is 0. The van der Waals surface area contributed by atoms with Crippen LogP contribution in [-0.2, 0) is 6.42 Å². The zero-order chi connectivity index (χ0) is 42.2.